The molecule has 5 rings (SSSR count). The molecule has 2 aliphatic rings. The van der Waals surface area contributed by atoms with E-state index in [2.05, 4.69) is 16.1 Å². The Balaban J connectivity index is 1.56. The zero-order valence-electron chi connectivity index (χ0n) is 19.7. The van der Waals surface area contributed by atoms with Crippen molar-refractivity contribution in [2.75, 3.05) is 37.7 Å². The molecule has 2 aromatic carbocycles. The molecule has 0 N–H and O–H groups in total. The number of aromatic nitrogens is 1. The predicted molar refractivity (Wildman–Crippen MR) is 131 cm³/mol. The number of sulfonamides is 1. The van der Waals surface area contributed by atoms with Crippen molar-refractivity contribution in [3.05, 3.63) is 65.2 Å². The highest BCUT2D eigenvalue weighted by Crippen LogP contribution is 2.37. The highest BCUT2D eigenvalue weighted by Gasteiger charge is 2.35. The lowest BCUT2D eigenvalue weighted by molar-refractivity contribution is 0.120. The van der Waals surface area contributed by atoms with Gasteiger partial charge in [0, 0.05) is 31.7 Å². The van der Waals surface area contributed by atoms with Gasteiger partial charge in [-0.2, -0.15) is 4.31 Å². The summed E-state index contributed by atoms with van der Waals surface area (Å²) in [4.78, 5) is 2.43. The Morgan fingerprint density at radius 2 is 1.76 bits per heavy atom. The minimum absolute atomic E-state index is 0.214. The molecule has 180 valence electrons. The van der Waals surface area contributed by atoms with Gasteiger partial charge in [0.15, 0.2) is 0 Å². The number of hydrogen-bond donors (Lipinski definition) is 0. The van der Waals surface area contributed by atoms with Crippen LogP contribution in [0.4, 0.5) is 5.88 Å². The number of ether oxygens (including phenoxy) is 1. The van der Waals surface area contributed by atoms with Gasteiger partial charge < -0.3 is 14.2 Å². The van der Waals surface area contributed by atoms with E-state index < -0.39 is 10.0 Å². The van der Waals surface area contributed by atoms with E-state index in [9.17, 15) is 8.42 Å². The molecule has 0 amide bonds. The molecule has 7 nitrogen and oxygen atoms in total. The molecule has 2 fully saturated rings. The van der Waals surface area contributed by atoms with E-state index in [1.54, 1.807) is 16.4 Å². The third kappa shape index (κ3) is 4.89. The average Bonchev–Trinajstić information content (AvgIpc) is 3.56. The van der Waals surface area contributed by atoms with Crippen molar-refractivity contribution in [3.8, 4) is 11.3 Å². The average molecular weight is 482 g/mol. The molecular weight excluding hydrogens is 450 g/mol. The summed E-state index contributed by atoms with van der Waals surface area (Å²) in [6.45, 7) is 7.28. The van der Waals surface area contributed by atoms with E-state index in [0.29, 0.717) is 55.2 Å². The zero-order valence-corrected chi connectivity index (χ0v) is 20.6. The second kappa shape index (κ2) is 9.52. The van der Waals surface area contributed by atoms with Gasteiger partial charge in [-0.25, -0.2) is 8.42 Å². The third-order valence-corrected chi connectivity index (χ3v) is 8.34. The number of nitrogens with zero attached hydrogens (tertiary/aromatic N) is 3. The van der Waals surface area contributed by atoms with Gasteiger partial charge in [-0.1, -0.05) is 46.6 Å². The standard InChI is InChI=1S/C26H31N3O4S/c1-19-6-10-23(11-7-19)34(30,31)29(17-21-8-9-21)18-24-25(22-5-3-4-20(2)16-22)27-33-26(24)28-12-14-32-15-13-28/h3-7,10-11,16,21H,8-9,12-15,17-18H2,1-2H3. The molecule has 34 heavy (non-hydrogen) atoms. The third-order valence-electron chi connectivity index (χ3n) is 6.51. The summed E-state index contributed by atoms with van der Waals surface area (Å²) in [5.41, 5.74) is 4.58. The van der Waals surface area contributed by atoms with Gasteiger partial charge in [-0.3, -0.25) is 0 Å². The molecule has 1 saturated carbocycles. The van der Waals surface area contributed by atoms with Crippen LogP contribution in [-0.4, -0.2) is 50.7 Å². The number of hydrogen-bond acceptors (Lipinski definition) is 6. The van der Waals surface area contributed by atoms with Crippen LogP contribution in [0, 0.1) is 19.8 Å². The van der Waals surface area contributed by atoms with Crippen molar-refractivity contribution in [1.82, 2.24) is 9.46 Å². The molecule has 1 aliphatic carbocycles. The minimum atomic E-state index is -3.68. The van der Waals surface area contributed by atoms with Gasteiger partial charge in [0.05, 0.1) is 23.7 Å². The fourth-order valence-electron chi connectivity index (χ4n) is 4.35. The van der Waals surface area contributed by atoms with Gasteiger partial charge in [-0.15, -0.1) is 0 Å². The van der Waals surface area contributed by atoms with Gasteiger partial charge in [0.25, 0.3) is 0 Å². The smallest absolute Gasteiger partial charge is 0.243 e. The van der Waals surface area contributed by atoms with Crippen LogP contribution in [0.15, 0.2) is 57.9 Å². The lowest BCUT2D eigenvalue weighted by Gasteiger charge is -2.28. The summed E-state index contributed by atoms with van der Waals surface area (Å²) in [6, 6.07) is 15.2. The summed E-state index contributed by atoms with van der Waals surface area (Å²) in [7, 11) is -3.68. The molecule has 0 unspecified atom stereocenters. The second-order valence-corrected chi connectivity index (χ2v) is 11.3. The summed E-state index contributed by atoms with van der Waals surface area (Å²) < 4.78 is 40.6. The molecular formula is C26H31N3O4S. The van der Waals surface area contributed by atoms with Gasteiger partial charge in [0.2, 0.25) is 15.9 Å². The Bertz CT molecular complexity index is 1240. The van der Waals surface area contributed by atoms with Gasteiger partial charge in [0.1, 0.15) is 5.69 Å². The number of anilines is 1. The maximum atomic E-state index is 13.8. The Hall–Kier alpha value is -2.68. The van der Waals surface area contributed by atoms with Crippen LogP contribution in [0.5, 0.6) is 0 Å². The van der Waals surface area contributed by atoms with E-state index in [1.165, 1.54) is 0 Å². The van der Waals surface area contributed by atoms with Crippen LogP contribution in [0.1, 0.15) is 29.5 Å². The van der Waals surface area contributed by atoms with E-state index >= 15 is 0 Å². The first-order valence-electron chi connectivity index (χ1n) is 11.9. The molecule has 1 saturated heterocycles. The second-order valence-electron chi connectivity index (χ2n) is 9.34. The summed E-state index contributed by atoms with van der Waals surface area (Å²) in [5.74, 6) is 1.04. The fourth-order valence-corrected chi connectivity index (χ4v) is 5.83. The summed E-state index contributed by atoms with van der Waals surface area (Å²) in [6.07, 6.45) is 2.12. The Morgan fingerprint density at radius 1 is 1.03 bits per heavy atom. The van der Waals surface area contributed by atoms with Gasteiger partial charge in [-0.05, 0) is 50.8 Å². The number of morpholine rings is 1. The van der Waals surface area contributed by atoms with Crippen molar-refractivity contribution in [2.24, 2.45) is 5.92 Å². The van der Waals surface area contributed by atoms with Crippen molar-refractivity contribution in [1.29, 1.82) is 0 Å². The van der Waals surface area contributed by atoms with Crippen molar-refractivity contribution < 1.29 is 17.7 Å². The topological polar surface area (TPSA) is 75.9 Å². The number of benzene rings is 2. The SMILES string of the molecule is Cc1ccc(S(=O)(=O)N(Cc2c(-c3cccc(C)c3)noc2N2CCOCC2)CC2CC2)cc1. The van der Waals surface area contributed by atoms with E-state index in [1.807, 2.05) is 44.2 Å². The van der Waals surface area contributed by atoms with Crippen molar-refractivity contribution in [2.45, 2.75) is 38.1 Å². The molecule has 0 radical (unpaired) electrons. The maximum absolute atomic E-state index is 13.8. The molecule has 1 aliphatic heterocycles. The number of rotatable bonds is 8. The predicted octanol–water partition coefficient (Wildman–Crippen LogP) is 4.40. The molecule has 0 spiro atoms. The van der Waals surface area contributed by atoms with Gasteiger partial charge >= 0.3 is 0 Å². The first kappa shape index (κ1) is 23.1. The first-order valence-corrected chi connectivity index (χ1v) is 13.3. The van der Waals surface area contributed by atoms with Crippen LogP contribution in [0.25, 0.3) is 11.3 Å². The molecule has 8 heteroatoms. The lowest BCUT2D eigenvalue weighted by Crippen LogP contribution is -2.37. The monoisotopic (exact) mass is 481 g/mol. The molecule has 0 atom stereocenters. The van der Waals surface area contributed by atoms with Crippen molar-refractivity contribution in [3.63, 3.8) is 0 Å². The highest BCUT2D eigenvalue weighted by molar-refractivity contribution is 7.89. The molecule has 3 aromatic rings. The van der Waals surface area contributed by atoms with Crippen LogP contribution in [-0.2, 0) is 21.3 Å². The highest BCUT2D eigenvalue weighted by atomic mass is 32.2. The van der Waals surface area contributed by atoms with Crippen LogP contribution >= 0.6 is 0 Å². The quantitative estimate of drug-likeness (QED) is 0.475. The summed E-state index contributed by atoms with van der Waals surface area (Å²) >= 11 is 0. The van der Waals surface area contributed by atoms with E-state index in [4.69, 9.17) is 9.26 Å². The number of aryl methyl sites for hydroxylation is 2. The maximum Gasteiger partial charge on any atom is 0.243 e. The molecule has 2 heterocycles. The van der Waals surface area contributed by atoms with Crippen LogP contribution in [0.3, 0.4) is 0 Å². The van der Waals surface area contributed by atoms with E-state index in [-0.39, 0.29) is 6.54 Å². The largest absolute Gasteiger partial charge is 0.378 e. The lowest BCUT2D eigenvalue weighted by atomic mass is 10.0. The Kier molecular flexibility index (Phi) is 6.46. The van der Waals surface area contributed by atoms with Crippen LogP contribution < -0.4 is 4.90 Å². The fraction of sp³-hybridized carbons (Fsp3) is 0.423. The minimum Gasteiger partial charge on any atom is -0.378 e. The normalized spacial score (nSPS) is 16.9. The Morgan fingerprint density at radius 3 is 2.44 bits per heavy atom. The van der Waals surface area contributed by atoms with Crippen molar-refractivity contribution >= 4 is 15.9 Å². The Labute approximate surface area is 201 Å². The zero-order chi connectivity index (χ0) is 23.7. The summed E-state index contributed by atoms with van der Waals surface area (Å²) in [5, 5.41) is 4.44. The molecule has 0 bridgehead atoms. The van der Waals surface area contributed by atoms with E-state index in [0.717, 1.165) is 35.1 Å². The first-order chi connectivity index (χ1) is 16.4. The van der Waals surface area contributed by atoms with Crippen LogP contribution in [0.2, 0.25) is 0 Å². The molecule has 1 aromatic heterocycles.